The number of carbonyl (C=O) groups excluding carboxylic acids is 1. The van der Waals surface area contributed by atoms with Gasteiger partial charge in [-0.05, 0) is 78.8 Å². The van der Waals surface area contributed by atoms with Gasteiger partial charge in [0.25, 0.3) is 5.91 Å². The first-order valence-corrected chi connectivity index (χ1v) is 16.7. The third-order valence-corrected chi connectivity index (χ3v) is 10.3. The van der Waals surface area contributed by atoms with Gasteiger partial charge in [0, 0.05) is 28.5 Å². The zero-order valence-electron chi connectivity index (χ0n) is 27.9. The van der Waals surface area contributed by atoms with Crippen molar-refractivity contribution in [2.45, 2.75) is 133 Å². The largest absolute Gasteiger partial charge is 0.433 e. The number of nitrogens with one attached hydrogen (secondary N) is 1. The van der Waals surface area contributed by atoms with E-state index in [4.69, 9.17) is 5.73 Å². The molecule has 3 N–H and O–H groups in total. The summed E-state index contributed by atoms with van der Waals surface area (Å²) in [7, 11) is 8.44. The first kappa shape index (κ1) is 36.2. The maximum atomic E-state index is 13.4. The molecule has 4 rings (SSSR count). The number of amides is 1. The van der Waals surface area contributed by atoms with Gasteiger partial charge in [-0.25, -0.2) is 4.98 Å². The molecule has 2 aromatic rings. The van der Waals surface area contributed by atoms with E-state index in [1.54, 1.807) is 18.2 Å². The maximum Gasteiger partial charge on any atom is 0.433 e. The number of likely N-dealkylation sites (N-methyl/N-ethyl adjacent to an activating group) is 2. The molecule has 0 spiro atoms. The summed E-state index contributed by atoms with van der Waals surface area (Å²) in [4.78, 5) is 21.6. The standard InChI is InChI=1S/C23H30F3N3O.C12H26N2/c1-4-5-12-19(22(29(2)3)13-8-9-14-22)28-21(30)17-15-20(23(24,25)26)27-18-11-7-6-10-16(17)18;1-4-5-8-11(13)12(14(2)3)9-6-7-10-12/h6-7,10-11,15,19H,4-5,8-9,12-14H2,1-3H3,(H,28,30);11H,4-10,13H2,1-3H3. The van der Waals surface area contributed by atoms with Crippen molar-refractivity contribution in [3.63, 3.8) is 0 Å². The Morgan fingerprint density at radius 3 is 1.95 bits per heavy atom. The van der Waals surface area contributed by atoms with E-state index in [1.807, 2.05) is 14.1 Å². The number of benzene rings is 1. The molecule has 1 aromatic heterocycles. The van der Waals surface area contributed by atoms with Gasteiger partial charge >= 0.3 is 6.18 Å². The number of unbranched alkanes of at least 4 members (excludes halogenated alkanes) is 2. The van der Waals surface area contributed by atoms with Crippen LogP contribution in [-0.4, -0.2) is 72.0 Å². The number of hydrogen-bond donors (Lipinski definition) is 2. The second-order valence-corrected chi connectivity index (χ2v) is 13.4. The molecule has 1 amide bonds. The van der Waals surface area contributed by atoms with Gasteiger partial charge in [0.1, 0.15) is 5.69 Å². The number of halogens is 3. The van der Waals surface area contributed by atoms with Crippen LogP contribution in [0, 0.1) is 0 Å². The zero-order chi connectivity index (χ0) is 32.5. The number of pyridine rings is 1. The number of nitrogens with zero attached hydrogens (tertiary/aromatic N) is 3. The number of rotatable bonds is 12. The number of alkyl halides is 3. The monoisotopic (exact) mass is 619 g/mol. The van der Waals surface area contributed by atoms with Crippen molar-refractivity contribution in [2.75, 3.05) is 28.2 Å². The van der Waals surface area contributed by atoms with Gasteiger partial charge in [-0.2, -0.15) is 13.2 Å². The van der Waals surface area contributed by atoms with E-state index < -0.39 is 17.8 Å². The Labute approximate surface area is 263 Å². The zero-order valence-corrected chi connectivity index (χ0v) is 27.9. The molecular weight excluding hydrogens is 563 g/mol. The third-order valence-electron chi connectivity index (χ3n) is 10.3. The fourth-order valence-electron chi connectivity index (χ4n) is 7.55. The Kier molecular flexibility index (Phi) is 13.1. The Morgan fingerprint density at radius 1 is 0.909 bits per heavy atom. The highest BCUT2D eigenvalue weighted by atomic mass is 19.4. The summed E-state index contributed by atoms with van der Waals surface area (Å²) in [5.41, 5.74) is 5.67. The number of hydrogen-bond acceptors (Lipinski definition) is 5. The van der Waals surface area contributed by atoms with Crippen LogP contribution in [-0.2, 0) is 6.18 Å². The van der Waals surface area contributed by atoms with E-state index in [-0.39, 0.29) is 22.7 Å². The normalized spacial score (nSPS) is 19.2. The van der Waals surface area contributed by atoms with Gasteiger partial charge in [-0.1, -0.05) is 83.4 Å². The quantitative estimate of drug-likeness (QED) is 0.254. The average molecular weight is 620 g/mol. The van der Waals surface area contributed by atoms with E-state index in [0.29, 0.717) is 17.0 Å². The van der Waals surface area contributed by atoms with Crippen LogP contribution in [0.4, 0.5) is 13.2 Å². The predicted octanol–water partition coefficient (Wildman–Crippen LogP) is 7.79. The van der Waals surface area contributed by atoms with Gasteiger partial charge in [-0.3, -0.25) is 4.79 Å². The van der Waals surface area contributed by atoms with Gasteiger partial charge in [0.2, 0.25) is 0 Å². The predicted molar refractivity (Wildman–Crippen MR) is 175 cm³/mol. The summed E-state index contributed by atoms with van der Waals surface area (Å²) in [5, 5.41) is 3.56. The van der Waals surface area contributed by atoms with Crippen molar-refractivity contribution in [3.8, 4) is 0 Å². The lowest BCUT2D eigenvalue weighted by atomic mass is 9.83. The number of fused-ring (bicyclic) bond motifs is 1. The SMILES string of the molecule is CCCCC(N)C1(N(C)C)CCCC1.CCCCC(NC(=O)c1cc(C(F)(F)F)nc2ccccc12)C1(N(C)C)CCCC1. The van der Waals surface area contributed by atoms with E-state index in [0.717, 1.165) is 51.0 Å². The summed E-state index contributed by atoms with van der Waals surface area (Å²) in [6, 6.07) is 7.63. The Balaban J connectivity index is 0.000000317. The van der Waals surface area contributed by atoms with Crippen molar-refractivity contribution in [3.05, 3.63) is 41.6 Å². The van der Waals surface area contributed by atoms with Crippen LogP contribution in [0.5, 0.6) is 0 Å². The van der Waals surface area contributed by atoms with Crippen LogP contribution in [0.3, 0.4) is 0 Å². The molecule has 6 nitrogen and oxygen atoms in total. The molecule has 1 aromatic carbocycles. The summed E-state index contributed by atoms with van der Waals surface area (Å²) in [6.07, 6.45) is 11.3. The Morgan fingerprint density at radius 2 is 1.43 bits per heavy atom. The lowest BCUT2D eigenvalue weighted by Crippen LogP contribution is -2.58. The van der Waals surface area contributed by atoms with E-state index >= 15 is 0 Å². The molecule has 0 aliphatic heterocycles. The lowest BCUT2D eigenvalue weighted by Gasteiger charge is -2.44. The van der Waals surface area contributed by atoms with E-state index in [2.05, 4.69) is 48.0 Å². The molecule has 2 saturated carbocycles. The van der Waals surface area contributed by atoms with Crippen LogP contribution in [0.1, 0.15) is 120 Å². The Bertz CT molecular complexity index is 1190. The van der Waals surface area contributed by atoms with Crippen molar-refractivity contribution < 1.29 is 18.0 Å². The molecule has 248 valence electrons. The smallest absolute Gasteiger partial charge is 0.347 e. The number of nitrogens with two attached hydrogens (primary N) is 1. The lowest BCUT2D eigenvalue weighted by molar-refractivity contribution is -0.141. The van der Waals surface area contributed by atoms with Crippen LogP contribution in [0.15, 0.2) is 30.3 Å². The summed E-state index contributed by atoms with van der Waals surface area (Å²) in [5.74, 6) is -0.465. The van der Waals surface area contributed by atoms with Crippen molar-refractivity contribution >= 4 is 16.8 Å². The summed E-state index contributed by atoms with van der Waals surface area (Å²) >= 11 is 0. The molecule has 2 fully saturated rings. The number of carbonyl (C=O) groups is 1. The minimum atomic E-state index is -4.61. The van der Waals surface area contributed by atoms with Gasteiger partial charge in [0.15, 0.2) is 0 Å². The molecule has 44 heavy (non-hydrogen) atoms. The molecule has 2 aliphatic rings. The number of aromatic nitrogens is 1. The highest BCUT2D eigenvalue weighted by Crippen LogP contribution is 2.39. The summed E-state index contributed by atoms with van der Waals surface area (Å²) < 4.78 is 40.2. The van der Waals surface area contributed by atoms with Crippen LogP contribution in [0.2, 0.25) is 0 Å². The molecule has 2 unspecified atom stereocenters. The minimum Gasteiger partial charge on any atom is -0.347 e. The minimum absolute atomic E-state index is 0.0290. The summed E-state index contributed by atoms with van der Waals surface area (Å²) in [6.45, 7) is 4.34. The molecule has 9 heteroatoms. The highest BCUT2D eigenvalue weighted by Gasteiger charge is 2.44. The van der Waals surface area contributed by atoms with Crippen LogP contribution < -0.4 is 11.1 Å². The topological polar surface area (TPSA) is 74.5 Å². The molecule has 0 bridgehead atoms. The second kappa shape index (κ2) is 15.9. The first-order valence-electron chi connectivity index (χ1n) is 16.7. The van der Waals surface area contributed by atoms with Gasteiger partial charge in [-0.15, -0.1) is 0 Å². The van der Waals surface area contributed by atoms with E-state index in [9.17, 15) is 18.0 Å². The van der Waals surface area contributed by atoms with Crippen LogP contribution >= 0.6 is 0 Å². The fourth-order valence-corrected chi connectivity index (χ4v) is 7.55. The average Bonchev–Trinajstić information content (AvgIpc) is 3.69. The first-order chi connectivity index (χ1) is 20.8. The van der Waals surface area contributed by atoms with Gasteiger partial charge < -0.3 is 20.9 Å². The molecule has 2 aliphatic carbocycles. The molecular formula is C35H56F3N5O. The Hall–Kier alpha value is -2.23. The van der Waals surface area contributed by atoms with E-state index in [1.165, 1.54) is 51.0 Å². The van der Waals surface area contributed by atoms with Gasteiger partial charge in [0.05, 0.1) is 11.1 Å². The molecule has 1 heterocycles. The molecule has 0 radical (unpaired) electrons. The highest BCUT2D eigenvalue weighted by molar-refractivity contribution is 6.06. The molecule has 0 saturated heterocycles. The van der Waals surface area contributed by atoms with Crippen molar-refractivity contribution in [1.29, 1.82) is 0 Å². The van der Waals surface area contributed by atoms with Crippen molar-refractivity contribution in [1.82, 2.24) is 20.1 Å². The van der Waals surface area contributed by atoms with Crippen molar-refractivity contribution in [2.24, 2.45) is 5.73 Å². The van der Waals surface area contributed by atoms with Crippen LogP contribution in [0.25, 0.3) is 10.9 Å². The maximum absolute atomic E-state index is 13.4. The fraction of sp³-hybridized carbons (Fsp3) is 0.714. The number of para-hydroxylation sites is 1. The second-order valence-electron chi connectivity index (χ2n) is 13.4. The third kappa shape index (κ3) is 8.32. The molecule has 2 atom stereocenters.